The number of alkyl halides is 3. The van der Waals surface area contributed by atoms with Crippen molar-refractivity contribution in [2.75, 3.05) is 0 Å². The van der Waals surface area contributed by atoms with E-state index in [9.17, 15) is 13.2 Å². The molecule has 0 unspecified atom stereocenters. The Morgan fingerprint density at radius 3 is 1.91 bits per heavy atom. The molecule has 0 amide bonds. The van der Waals surface area contributed by atoms with Crippen LogP contribution in [0, 0.1) is 0 Å². The van der Waals surface area contributed by atoms with Gasteiger partial charge in [-0.3, -0.25) is 0 Å². The summed E-state index contributed by atoms with van der Waals surface area (Å²) in [6.45, 7) is 7.59. The van der Waals surface area contributed by atoms with Crippen LogP contribution in [0.2, 0.25) is 0 Å². The lowest BCUT2D eigenvalue weighted by molar-refractivity contribution is -0.137. The molecule has 1 fully saturated rings. The standard InChI is InChI=1S/C15H17BClF3O2/c1-13(2)14(3,4)22-16(21-13)12(17)9-10-5-7-11(8-6-10)15(18,19)20/h5-9H,1-4H3/b12-9+. The number of halogens is 4. The summed E-state index contributed by atoms with van der Waals surface area (Å²) >= 11 is 6.19. The normalized spacial score (nSPS) is 21.3. The fourth-order valence-electron chi connectivity index (χ4n) is 1.95. The van der Waals surface area contributed by atoms with Crippen LogP contribution in [0.1, 0.15) is 38.8 Å². The summed E-state index contributed by atoms with van der Waals surface area (Å²) < 4.78 is 49.1. The summed E-state index contributed by atoms with van der Waals surface area (Å²) in [4.78, 5) is 0.290. The number of benzene rings is 1. The first-order valence-electron chi connectivity index (χ1n) is 6.82. The van der Waals surface area contributed by atoms with E-state index in [0.717, 1.165) is 12.1 Å². The molecule has 2 rings (SSSR count). The lowest BCUT2D eigenvalue weighted by atomic mass is 9.88. The monoisotopic (exact) mass is 332 g/mol. The number of rotatable bonds is 2. The quantitative estimate of drug-likeness (QED) is 0.716. The minimum atomic E-state index is -4.35. The molecule has 1 aromatic rings. The van der Waals surface area contributed by atoms with Gasteiger partial charge in [-0.05, 0) is 51.5 Å². The van der Waals surface area contributed by atoms with Crippen LogP contribution in [0.25, 0.3) is 6.08 Å². The SMILES string of the molecule is CC1(C)OB(/C(Cl)=C\c2ccc(C(F)(F)F)cc2)OC1(C)C. The maximum atomic E-state index is 12.5. The van der Waals surface area contributed by atoms with Crippen molar-refractivity contribution in [1.29, 1.82) is 0 Å². The predicted octanol–water partition coefficient (Wildman–Crippen LogP) is 4.92. The first-order chi connectivity index (χ1) is 9.92. The fourth-order valence-corrected chi connectivity index (χ4v) is 2.17. The molecule has 7 heteroatoms. The zero-order chi connectivity index (χ0) is 16.8. The lowest BCUT2D eigenvalue weighted by Gasteiger charge is -2.32. The van der Waals surface area contributed by atoms with Crippen LogP contribution in [-0.2, 0) is 15.5 Å². The largest absolute Gasteiger partial charge is 0.506 e. The van der Waals surface area contributed by atoms with Gasteiger partial charge in [-0.25, -0.2) is 0 Å². The van der Waals surface area contributed by atoms with E-state index in [4.69, 9.17) is 20.9 Å². The van der Waals surface area contributed by atoms with E-state index >= 15 is 0 Å². The Kier molecular flexibility index (Phi) is 4.41. The van der Waals surface area contributed by atoms with E-state index in [0.29, 0.717) is 10.5 Å². The number of hydrogen-bond donors (Lipinski definition) is 0. The Morgan fingerprint density at radius 1 is 1.05 bits per heavy atom. The van der Waals surface area contributed by atoms with Gasteiger partial charge in [-0.15, -0.1) is 0 Å². The van der Waals surface area contributed by atoms with Gasteiger partial charge in [0.15, 0.2) is 0 Å². The highest BCUT2D eigenvalue weighted by Gasteiger charge is 2.52. The van der Waals surface area contributed by atoms with Gasteiger partial charge in [0, 0.05) is 4.93 Å². The summed E-state index contributed by atoms with van der Waals surface area (Å²) in [5, 5.41) is 0. The van der Waals surface area contributed by atoms with Crippen molar-refractivity contribution in [2.45, 2.75) is 45.1 Å². The molecule has 0 spiro atoms. The van der Waals surface area contributed by atoms with Crippen LogP contribution in [0.5, 0.6) is 0 Å². The topological polar surface area (TPSA) is 18.5 Å². The molecule has 1 aromatic carbocycles. The van der Waals surface area contributed by atoms with Crippen LogP contribution in [-0.4, -0.2) is 18.3 Å². The first-order valence-corrected chi connectivity index (χ1v) is 7.20. The molecule has 0 aromatic heterocycles. The molecular formula is C15H17BClF3O2. The van der Waals surface area contributed by atoms with Gasteiger partial charge < -0.3 is 9.31 Å². The third-order valence-corrected chi connectivity index (χ3v) is 4.31. The summed E-state index contributed by atoms with van der Waals surface area (Å²) in [6, 6.07) is 4.74. The molecular weight excluding hydrogens is 315 g/mol. The van der Waals surface area contributed by atoms with Crippen molar-refractivity contribution in [3.63, 3.8) is 0 Å². The highest BCUT2D eigenvalue weighted by molar-refractivity contribution is 6.71. The molecule has 1 saturated heterocycles. The molecule has 1 aliphatic rings. The van der Waals surface area contributed by atoms with Crippen LogP contribution < -0.4 is 0 Å². The van der Waals surface area contributed by atoms with E-state index in [1.807, 2.05) is 27.7 Å². The molecule has 0 atom stereocenters. The Labute approximate surface area is 133 Å². The summed E-state index contributed by atoms with van der Waals surface area (Å²) in [7, 11) is -0.728. The molecule has 1 heterocycles. The summed E-state index contributed by atoms with van der Waals surface area (Å²) in [5.41, 5.74) is -1.19. The summed E-state index contributed by atoms with van der Waals surface area (Å²) in [6.07, 6.45) is -2.80. The van der Waals surface area contributed by atoms with Gasteiger partial charge in [0.25, 0.3) is 0 Å². The van der Waals surface area contributed by atoms with Gasteiger partial charge in [-0.1, -0.05) is 23.7 Å². The van der Waals surface area contributed by atoms with Gasteiger partial charge >= 0.3 is 13.3 Å². The van der Waals surface area contributed by atoms with Crippen molar-refractivity contribution in [2.24, 2.45) is 0 Å². The Hall–Kier alpha value is -0.975. The second-order valence-electron chi connectivity index (χ2n) is 6.24. The Balaban J connectivity index is 2.17. The third kappa shape index (κ3) is 3.50. The van der Waals surface area contributed by atoms with Crippen molar-refractivity contribution in [3.8, 4) is 0 Å². The highest BCUT2D eigenvalue weighted by Crippen LogP contribution is 2.39. The minimum Gasteiger partial charge on any atom is -0.399 e. The minimum absolute atomic E-state index is 0.290. The maximum absolute atomic E-state index is 12.5. The Morgan fingerprint density at radius 2 is 1.50 bits per heavy atom. The summed E-state index contributed by atoms with van der Waals surface area (Å²) in [5.74, 6) is 0. The van der Waals surface area contributed by atoms with Crippen LogP contribution >= 0.6 is 11.6 Å². The second kappa shape index (κ2) is 5.58. The molecule has 2 nitrogen and oxygen atoms in total. The average molecular weight is 333 g/mol. The fraction of sp³-hybridized carbons (Fsp3) is 0.467. The van der Waals surface area contributed by atoms with Gasteiger partial charge in [0.2, 0.25) is 0 Å². The molecule has 0 aliphatic carbocycles. The molecule has 0 saturated carbocycles. The molecule has 1 aliphatic heterocycles. The van der Waals surface area contributed by atoms with Gasteiger partial charge in [0.05, 0.1) is 16.8 Å². The van der Waals surface area contributed by atoms with E-state index in [1.54, 1.807) is 6.08 Å². The van der Waals surface area contributed by atoms with E-state index < -0.39 is 30.1 Å². The third-order valence-electron chi connectivity index (χ3n) is 4.02. The van der Waals surface area contributed by atoms with Crippen LogP contribution in [0.3, 0.4) is 0 Å². The molecule has 22 heavy (non-hydrogen) atoms. The van der Waals surface area contributed by atoms with Gasteiger partial charge in [0.1, 0.15) is 0 Å². The molecule has 0 bridgehead atoms. The Bertz CT molecular complexity index is 563. The zero-order valence-electron chi connectivity index (χ0n) is 12.8. The van der Waals surface area contributed by atoms with Crippen molar-refractivity contribution >= 4 is 24.8 Å². The van der Waals surface area contributed by atoms with Crippen molar-refractivity contribution in [3.05, 3.63) is 40.3 Å². The van der Waals surface area contributed by atoms with Crippen molar-refractivity contribution < 1.29 is 22.5 Å². The van der Waals surface area contributed by atoms with Crippen LogP contribution in [0.4, 0.5) is 13.2 Å². The van der Waals surface area contributed by atoms with Crippen LogP contribution in [0.15, 0.2) is 29.2 Å². The van der Waals surface area contributed by atoms with Crippen molar-refractivity contribution in [1.82, 2.24) is 0 Å². The predicted molar refractivity (Wildman–Crippen MR) is 81.4 cm³/mol. The molecule has 0 N–H and O–H groups in total. The highest BCUT2D eigenvalue weighted by atomic mass is 35.5. The first kappa shape index (κ1) is 17.4. The van der Waals surface area contributed by atoms with E-state index in [2.05, 4.69) is 0 Å². The second-order valence-corrected chi connectivity index (χ2v) is 6.67. The van der Waals surface area contributed by atoms with Gasteiger partial charge in [-0.2, -0.15) is 13.2 Å². The lowest BCUT2D eigenvalue weighted by Crippen LogP contribution is -2.41. The zero-order valence-corrected chi connectivity index (χ0v) is 13.5. The van der Waals surface area contributed by atoms with E-state index in [1.165, 1.54) is 12.1 Å². The smallest absolute Gasteiger partial charge is 0.399 e. The maximum Gasteiger partial charge on any atom is 0.506 e. The average Bonchev–Trinajstić information content (AvgIpc) is 2.58. The van der Waals surface area contributed by atoms with E-state index in [-0.39, 0.29) is 0 Å². The molecule has 120 valence electrons. The number of hydrogen-bond acceptors (Lipinski definition) is 2. The molecule has 0 radical (unpaired) electrons.